The number of hydrogen-bond donors (Lipinski definition) is 1. The molecule has 1 aromatic carbocycles. The Balaban J connectivity index is 1.51. The van der Waals surface area contributed by atoms with Crippen LogP contribution in [0.1, 0.15) is 16.8 Å². The number of rotatable bonds is 3. The molecule has 1 N–H and O–H groups in total. The van der Waals surface area contributed by atoms with Gasteiger partial charge in [-0.2, -0.15) is 4.31 Å². The highest BCUT2D eigenvalue weighted by molar-refractivity contribution is 7.89. The summed E-state index contributed by atoms with van der Waals surface area (Å²) in [6, 6.07) is 5.21. The van der Waals surface area contributed by atoms with Crippen LogP contribution in [0.4, 0.5) is 0 Å². The van der Waals surface area contributed by atoms with Crippen LogP contribution in [0.5, 0.6) is 0 Å². The van der Waals surface area contributed by atoms with Crippen molar-refractivity contribution in [3.63, 3.8) is 0 Å². The van der Waals surface area contributed by atoms with Gasteiger partial charge in [-0.15, -0.1) is 0 Å². The zero-order chi connectivity index (χ0) is 18.9. The first kappa shape index (κ1) is 17.6. The van der Waals surface area contributed by atoms with Gasteiger partial charge in [0.2, 0.25) is 0 Å². The van der Waals surface area contributed by atoms with Gasteiger partial charge in [-0.3, -0.25) is 14.8 Å². The first-order chi connectivity index (χ1) is 13.1. The van der Waals surface area contributed by atoms with Crippen LogP contribution in [0.3, 0.4) is 0 Å². The average molecular weight is 386 g/mol. The summed E-state index contributed by atoms with van der Waals surface area (Å²) in [7, 11) is -3.63. The number of nitrogens with one attached hydrogen (secondary N) is 1. The van der Waals surface area contributed by atoms with E-state index in [4.69, 9.17) is 0 Å². The van der Waals surface area contributed by atoms with Gasteiger partial charge in [-0.1, -0.05) is 0 Å². The smallest absolute Gasteiger partial charge is 0.260 e. The molecule has 0 atom stereocenters. The zero-order valence-corrected chi connectivity index (χ0v) is 15.3. The minimum absolute atomic E-state index is 0.0652. The highest BCUT2D eigenvalue weighted by Gasteiger charge is 2.29. The monoisotopic (exact) mass is 386 g/mol. The lowest BCUT2D eigenvalue weighted by Crippen LogP contribution is -2.37. The Morgan fingerprint density at radius 1 is 1.04 bits per heavy atom. The second-order valence-electron chi connectivity index (χ2n) is 6.23. The second kappa shape index (κ2) is 7.05. The molecule has 140 valence electrons. The number of hydrogen-bond acceptors (Lipinski definition) is 6. The van der Waals surface area contributed by atoms with E-state index in [2.05, 4.69) is 19.9 Å². The number of carbonyl (C=O) groups is 1. The second-order valence-corrected chi connectivity index (χ2v) is 8.13. The number of aromatic amines is 1. The van der Waals surface area contributed by atoms with Crippen LogP contribution < -0.4 is 0 Å². The maximum absolute atomic E-state index is 12.9. The van der Waals surface area contributed by atoms with Gasteiger partial charge in [0.15, 0.2) is 5.03 Å². The summed E-state index contributed by atoms with van der Waals surface area (Å²) < 4.78 is 26.6. The predicted octanol–water partition coefficient (Wildman–Crippen LogP) is 0.890. The van der Waals surface area contributed by atoms with E-state index in [-0.39, 0.29) is 17.5 Å². The van der Waals surface area contributed by atoms with Gasteiger partial charge in [0.05, 0.1) is 23.6 Å². The van der Waals surface area contributed by atoms with Crippen molar-refractivity contribution in [1.29, 1.82) is 0 Å². The van der Waals surface area contributed by atoms with Crippen molar-refractivity contribution in [2.24, 2.45) is 0 Å². The molecule has 0 bridgehead atoms. The quantitative estimate of drug-likeness (QED) is 0.715. The van der Waals surface area contributed by atoms with E-state index in [1.807, 2.05) is 0 Å². The molecule has 0 unspecified atom stereocenters. The van der Waals surface area contributed by atoms with Crippen molar-refractivity contribution in [2.75, 3.05) is 26.2 Å². The molecule has 0 saturated carbocycles. The number of aromatic nitrogens is 4. The number of carbonyl (C=O) groups excluding carboxylic acids is 1. The summed E-state index contributed by atoms with van der Waals surface area (Å²) in [5.74, 6) is -0.136. The summed E-state index contributed by atoms with van der Waals surface area (Å²) in [4.78, 5) is 29.4. The van der Waals surface area contributed by atoms with Crippen LogP contribution in [0, 0.1) is 0 Å². The summed E-state index contributed by atoms with van der Waals surface area (Å²) in [5, 5.41) is 0.0652. The van der Waals surface area contributed by atoms with Gasteiger partial charge in [0.1, 0.15) is 0 Å². The first-order valence-corrected chi connectivity index (χ1v) is 9.98. The molecule has 27 heavy (non-hydrogen) atoms. The Labute approximate surface area is 156 Å². The maximum atomic E-state index is 12.9. The zero-order valence-electron chi connectivity index (χ0n) is 14.4. The maximum Gasteiger partial charge on any atom is 0.260 e. The molecule has 3 heterocycles. The lowest BCUT2D eigenvalue weighted by atomic mass is 10.1. The molecule has 0 aliphatic carbocycles. The molecule has 9 nitrogen and oxygen atoms in total. The molecule has 1 saturated heterocycles. The normalized spacial score (nSPS) is 16.4. The summed E-state index contributed by atoms with van der Waals surface area (Å²) in [5.41, 5.74) is 1.90. The number of imidazole rings is 1. The summed E-state index contributed by atoms with van der Waals surface area (Å²) in [6.45, 7) is 1.41. The van der Waals surface area contributed by atoms with Crippen LogP contribution in [-0.4, -0.2) is 69.6 Å². The number of sulfonamides is 1. The van der Waals surface area contributed by atoms with Crippen molar-refractivity contribution >= 4 is 27.0 Å². The Hall–Kier alpha value is -2.85. The third kappa shape index (κ3) is 3.40. The molecular formula is C17H18N6O3S. The topological polar surface area (TPSA) is 112 Å². The lowest BCUT2D eigenvalue weighted by Gasteiger charge is -2.21. The van der Waals surface area contributed by atoms with Crippen molar-refractivity contribution in [3.8, 4) is 0 Å². The van der Waals surface area contributed by atoms with Crippen molar-refractivity contribution in [1.82, 2.24) is 29.1 Å². The molecule has 1 aliphatic rings. The molecule has 0 radical (unpaired) electrons. The van der Waals surface area contributed by atoms with Crippen LogP contribution >= 0.6 is 0 Å². The van der Waals surface area contributed by atoms with E-state index >= 15 is 0 Å². The van der Waals surface area contributed by atoms with Gasteiger partial charge in [-0.25, -0.2) is 13.4 Å². The molecule has 2 aromatic heterocycles. The third-order valence-electron chi connectivity index (χ3n) is 4.55. The van der Waals surface area contributed by atoms with Crippen LogP contribution in [0.15, 0.2) is 48.1 Å². The highest BCUT2D eigenvalue weighted by atomic mass is 32.2. The molecule has 0 spiro atoms. The Bertz CT molecular complexity index is 1070. The molecule has 10 heteroatoms. The standard InChI is InChI=1S/C17H18N6O3S/c24-17(13-2-3-14-15(10-13)20-5-4-19-14)22-6-1-7-23(9-8-22)27(25,26)16-11-18-12-21-16/h2-5,10-12H,1,6-9H2,(H,18,21). The average Bonchev–Trinajstić information content (AvgIpc) is 3.12. The Morgan fingerprint density at radius 2 is 1.85 bits per heavy atom. The van der Waals surface area contributed by atoms with E-state index in [0.29, 0.717) is 37.1 Å². The van der Waals surface area contributed by atoms with E-state index < -0.39 is 10.0 Å². The van der Waals surface area contributed by atoms with Gasteiger partial charge in [0.25, 0.3) is 15.9 Å². The number of nitrogens with zero attached hydrogens (tertiary/aromatic N) is 5. The Morgan fingerprint density at radius 3 is 2.63 bits per heavy atom. The SMILES string of the molecule is O=C(c1ccc2nccnc2c1)N1CCCN(S(=O)(=O)c2cnc[nH]2)CC1. The predicted molar refractivity (Wildman–Crippen MR) is 97.4 cm³/mol. The minimum atomic E-state index is -3.63. The van der Waals surface area contributed by atoms with Gasteiger partial charge in [-0.05, 0) is 24.6 Å². The van der Waals surface area contributed by atoms with Gasteiger partial charge < -0.3 is 9.88 Å². The minimum Gasteiger partial charge on any atom is -0.337 e. The van der Waals surface area contributed by atoms with Crippen molar-refractivity contribution in [3.05, 3.63) is 48.7 Å². The van der Waals surface area contributed by atoms with E-state index in [0.717, 1.165) is 5.52 Å². The molecule has 4 rings (SSSR count). The number of amides is 1. The van der Waals surface area contributed by atoms with Crippen LogP contribution in [0.2, 0.25) is 0 Å². The molecule has 1 amide bonds. The third-order valence-corrected chi connectivity index (χ3v) is 6.37. The van der Waals surface area contributed by atoms with Crippen molar-refractivity contribution in [2.45, 2.75) is 11.4 Å². The van der Waals surface area contributed by atoms with E-state index in [1.54, 1.807) is 35.5 Å². The largest absolute Gasteiger partial charge is 0.337 e. The molecule has 1 aliphatic heterocycles. The Kier molecular flexibility index (Phi) is 4.58. The van der Waals surface area contributed by atoms with Gasteiger partial charge >= 0.3 is 0 Å². The van der Waals surface area contributed by atoms with Crippen LogP contribution in [-0.2, 0) is 10.0 Å². The first-order valence-electron chi connectivity index (χ1n) is 8.54. The highest BCUT2D eigenvalue weighted by Crippen LogP contribution is 2.18. The number of fused-ring (bicyclic) bond motifs is 1. The fourth-order valence-corrected chi connectivity index (χ4v) is 4.50. The van der Waals surface area contributed by atoms with Gasteiger partial charge in [0, 0.05) is 44.1 Å². The van der Waals surface area contributed by atoms with Crippen LogP contribution in [0.25, 0.3) is 11.0 Å². The molecule has 1 fully saturated rings. The van der Waals surface area contributed by atoms with Crippen molar-refractivity contribution < 1.29 is 13.2 Å². The fraction of sp³-hybridized carbons (Fsp3) is 0.294. The number of benzene rings is 1. The summed E-state index contributed by atoms with van der Waals surface area (Å²) in [6.07, 6.45) is 6.38. The molecule has 3 aromatic rings. The number of H-pyrrole nitrogens is 1. The molecular weight excluding hydrogens is 368 g/mol. The lowest BCUT2D eigenvalue weighted by molar-refractivity contribution is 0.0764. The fourth-order valence-electron chi connectivity index (χ4n) is 3.14. The summed E-state index contributed by atoms with van der Waals surface area (Å²) >= 11 is 0. The van der Waals surface area contributed by atoms with E-state index in [1.165, 1.54) is 16.8 Å². The van der Waals surface area contributed by atoms with E-state index in [9.17, 15) is 13.2 Å².